The van der Waals surface area contributed by atoms with Crippen molar-refractivity contribution >= 4 is 5.91 Å². The second-order valence-corrected chi connectivity index (χ2v) is 6.81. The molecule has 126 valence electrons. The molecule has 4 nitrogen and oxygen atoms in total. The normalized spacial score (nSPS) is 25.2. The van der Waals surface area contributed by atoms with Gasteiger partial charge < -0.3 is 4.90 Å². The number of hydrogen-bond acceptors (Lipinski definition) is 3. The number of aryl methyl sites for hydroxylation is 1. The first-order valence-electron chi connectivity index (χ1n) is 9.23. The Hall–Kier alpha value is -1.42. The molecule has 2 fully saturated rings. The minimum atomic E-state index is 0.353. The molecule has 1 amide bonds. The van der Waals surface area contributed by atoms with Crippen molar-refractivity contribution in [1.29, 1.82) is 0 Å². The van der Waals surface area contributed by atoms with E-state index in [0.717, 1.165) is 31.6 Å². The van der Waals surface area contributed by atoms with Crippen LogP contribution in [-0.4, -0.2) is 52.4 Å². The molecule has 2 aliphatic heterocycles. The molecule has 0 spiro atoms. The van der Waals surface area contributed by atoms with Crippen molar-refractivity contribution in [2.75, 3.05) is 19.6 Å². The van der Waals surface area contributed by atoms with E-state index < -0.39 is 0 Å². The molecule has 1 aromatic rings. The zero-order valence-corrected chi connectivity index (χ0v) is 14.3. The highest BCUT2D eigenvalue weighted by Gasteiger charge is 2.38. The number of likely N-dealkylation sites (N-methyl/N-ethyl adjacent to an activating group) is 1. The highest BCUT2D eigenvalue weighted by atomic mass is 16.2. The molecule has 0 aromatic carbocycles. The molecule has 23 heavy (non-hydrogen) atoms. The number of pyridine rings is 1. The number of carbonyl (C=O) groups excluding carboxylic acids is 1. The maximum atomic E-state index is 12.7. The van der Waals surface area contributed by atoms with Gasteiger partial charge in [-0.1, -0.05) is 13.0 Å². The van der Waals surface area contributed by atoms with Gasteiger partial charge in [0.1, 0.15) is 0 Å². The first-order chi connectivity index (χ1) is 11.3. The molecule has 4 heteroatoms. The fourth-order valence-corrected chi connectivity index (χ4v) is 4.29. The lowest BCUT2D eigenvalue weighted by molar-refractivity contribution is -0.133. The van der Waals surface area contributed by atoms with Gasteiger partial charge in [0.05, 0.1) is 0 Å². The van der Waals surface area contributed by atoms with Crippen molar-refractivity contribution in [2.45, 2.75) is 64.0 Å². The third kappa shape index (κ3) is 3.92. The van der Waals surface area contributed by atoms with Gasteiger partial charge in [-0.15, -0.1) is 0 Å². The fourth-order valence-electron chi connectivity index (χ4n) is 4.29. The Kier molecular flexibility index (Phi) is 5.65. The zero-order valence-electron chi connectivity index (χ0n) is 14.3. The van der Waals surface area contributed by atoms with Crippen LogP contribution in [0.1, 0.15) is 51.1 Å². The van der Waals surface area contributed by atoms with Crippen LogP contribution >= 0.6 is 0 Å². The van der Waals surface area contributed by atoms with E-state index in [0.29, 0.717) is 24.4 Å². The molecule has 0 aliphatic carbocycles. The fraction of sp³-hybridized carbons (Fsp3) is 0.684. The highest BCUT2D eigenvalue weighted by Crippen LogP contribution is 2.30. The van der Waals surface area contributed by atoms with Crippen LogP contribution in [-0.2, 0) is 11.2 Å². The second-order valence-electron chi connectivity index (χ2n) is 6.81. The van der Waals surface area contributed by atoms with Gasteiger partial charge in [0, 0.05) is 36.9 Å². The lowest BCUT2D eigenvalue weighted by Gasteiger charge is -2.34. The molecule has 0 radical (unpaired) electrons. The van der Waals surface area contributed by atoms with Crippen LogP contribution < -0.4 is 0 Å². The predicted octanol–water partition coefficient (Wildman–Crippen LogP) is 2.88. The number of rotatable bonds is 6. The van der Waals surface area contributed by atoms with Crippen LogP contribution in [0.15, 0.2) is 24.4 Å². The Labute approximate surface area is 139 Å². The predicted molar refractivity (Wildman–Crippen MR) is 92.2 cm³/mol. The molecule has 3 heterocycles. The summed E-state index contributed by atoms with van der Waals surface area (Å²) in [7, 11) is 0. The summed E-state index contributed by atoms with van der Waals surface area (Å²) >= 11 is 0. The minimum absolute atomic E-state index is 0.353. The van der Waals surface area contributed by atoms with Gasteiger partial charge in [0.25, 0.3) is 0 Å². The molecular weight excluding hydrogens is 286 g/mol. The molecule has 0 saturated carbocycles. The summed E-state index contributed by atoms with van der Waals surface area (Å²) in [5.74, 6) is 0.353. The van der Waals surface area contributed by atoms with E-state index in [1.807, 2.05) is 24.4 Å². The topological polar surface area (TPSA) is 36.4 Å². The summed E-state index contributed by atoms with van der Waals surface area (Å²) in [5.41, 5.74) is 1.09. The average molecular weight is 315 g/mol. The molecule has 2 atom stereocenters. The SMILES string of the molecule is CCN1CCC[C@@H]1[C@@H]1CCCN1C(=O)CCCc1ccccn1. The first kappa shape index (κ1) is 16.4. The van der Waals surface area contributed by atoms with Crippen molar-refractivity contribution in [2.24, 2.45) is 0 Å². The summed E-state index contributed by atoms with van der Waals surface area (Å²) in [5, 5.41) is 0. The number of carbonyl (C=O) groups is 1. The van der Waals surface area contributed by atoms with E-state index in [1.165, 1.54) is 32.2 Å². The lowest BCUT2D eigenvalue weighted by atomic mass is 10.0. The Morgan fingerprint density at radius 1 is 1.22 bits per heavy atom. The van der Waals surface area contributed by atoms with Gasteiger partial charge in [-0.2, -0.15) is 0 Å². The van der Waals surface area contributed by atoms with E-state index in [1.54, 1.807) is 0 Å². The molecular formula is C19H29N3O. The smallest absolute Gasteiger partial charge is 0.222 e. The standard InChI is InChI=1S/C19H29N3O/c1-2-21-14-6-10-17(21)18-11-7-15-22(18)19(23)12-5-9-16-8-3-4-13-20-16/h3-4,8,13,17-18H,2,5-7,9-12,14-15H2,1H3/t17-,18+/m1/s1. The lowest BCUT2D eigenvalue weighted by Crippen LogP contribution is -2.48. The minimum Gasteiger partial charge on any atom is -0.338 e. The van der Waals surface area contributed by atoms with Gasteiger partial charge in [-0.3, -0.25) is 14.7 Å². The summed E-state index contributed by atoms with van der Waals surface area (Å²) in [4.78, 5) is 21.8. The number of hydrogen-bond donors (Lipinski definition) is 0. The van der Waals surface area contributed by atoms with Crippen molar-refractivity contribution in [3.63, 3.8) is 0 Å². The van der Waals surface area contributed by atoms with E-state index in [4.69, 9.17) is 0 Å². The van der Waals surface area contributed by atoms with Gasteiger partial charge in [-0.05, 0) is 63.7 Å². The summed E-state index contributed by atoms with van der Waals surface area (Å²) in [6.07, 6.45) is 9.20. The van der Waals surface area contributed by atoms with Gasteiger partial charge in [0.15, 0.2) is 0 Å². The van der Waals surface area contributed by atoms with E-state index in [-0.39, 0.29) is 0 Å². The molecule has 2 aliphatic rings. The molecule has 0 bridgehead atoms. The Bertz CT molecular complexity index is 505. The Balaban J connectivity index is 1.52. The molecule has 2 saturated heterocycles. The maximum Gasteiger partial charge on any atom is 0.222 e. The number of aromatic nitrogens is 1. The van der Waals surface area contributed by atoms with Crippen LogP contribution in [0.5, 0.6) is 0 Å². The van der Waals surface area contributed by atoms with Gasteiger partial charge in [-0.25, -0.2) is 0 Å². The van der Waals surface area contributed by atoms with Crippen molar-refractivity contribution in [3.8, 4) is 0 Å². The molecule has 1 aromatic heterocycles. The third-order valence-electron chi connectivity index (χ3n) is 5.43. The van der Waals surface area contributed by atoms with Crippen LogP contribution in [0.3, 0.4) is 0 Å². The number of nitrogens with zero attached hydrogens (tertiary/aromatic N) is 3. The molecule has 0 N–H and O–H groups in total. The van der Waals surface area contributed by atoms with Crippen LogP contribution in [0, 0.1) is 0 Å². The molecule has 3 rings (SSSR count). The van der Waals surface area contributed by atoms with Crippen molar-refractivity contribution in [1.82, 2.24) is 14.8 Å². The highest BCUT2D eigenvalue weighted by molar-refractivity contribution is 5.77. The van der Waals surface area contributed by atoms with Crippen molar-refractivity contribution in [3.05, 3.63) is 30.1 Å². The average Bonchev–Trinajstić information content (AvgIpc) is 3.24. The quantitative estimate of drug-likeness (QED) is 0.810. The summed E-state index contributed by atoms with van der Waals surface area (Å²) < 4.78 is 0. The van der Waals surface area contributed by atoms with Crippen LogP contribution in [0.2, 0.25) is 0 Å². The zero-order chi connectivity index (χ0) is 16.1. The van der Waals surface area contributed by atoms with Gasteiger partial charge in [0.2, 0.25) is 5.91 Å². The monoisotopic (exact) mass is 315 g/mol. The largest absolute Gasteiger partial charge is 0.338 e. The maximum absolute atomic E-state index is 12.7. The molecule has 0 unspecified atom stereocenters. The summed E-state index contributed by atoms with van der Waals surface area (Å²) in [6.45, 7) is 5.52. The van der Waals surface area contributed by atoms with Crippen molar-refractivity contribution < 1.29 is 4.79 Å². The number of likely N-dealkylation sites (tertiary alicyclic amines) is 2. The van der Waals surface area contributed by atoms with Crippen LogP contribution in [0.4, 0.5) is 0 Å². The van der Waals surface area contributed by atoms with Crippen LogP contribution in [0.25, 0.3) is 0 Å². The first-order valence-corrected chi connectivity index (χ1v) is 9.23. The van der Waals surface area contributed by atoms with E-state index >= 15 is 0 Å². The van der Waals surface area contributed by atoms with E-state index in [2.05, 4.69) is 21.7 Å². The Morgan fingerprint density at radius 3 is 2.83 bits per heavy atom. The van der Waals surface area contributed by atoms with E-state index in [9.17, 15) is 4.79 Å². The van der Waals surface area contributed by atoms with Gasteiger partial charge >= 0.3 is 0 Å². The number of amides is 1. The summed E-state index contributed by atoms with van der Waals surface area (Å²) in [6, 6.07) is 7.05. The Morgan fingerprint density at radius 2 is 2.04 bits per heavy atom. The second kappa shape index (κ2) is 7.91. The third-order valence-corrected chi connectivity index (χ3v) is 5.43.